The van der Waals surface area contributed by atoms with Crippen LogP contribution in [-0.4, -0.2) is 52.4 Å². The largest absolute Gasteiger partial charge is 0.465 e. The molecule has 9 nitrogen and oxygen atoms in total. The van der Waals surface area contributed by atoms with Crippen LogP contribution in [0.15, 0.2) is 89.8 Å². The number of nitrogens with one attached hydrogen (secondary N) is 1. The molecule has 0 bridgehead atoms. The van der Waals surface area contributed by atoms with E-state index in [0.717, 1.165) is 21.3 Å². The van der Waals surface area contributed by atoms with E-state index in [1.807, 2.05) is 37.4 Å². The summed E-state index contributed by atoms with van der Waals surface area (Å²) in [5.74, 6) is 0.0225. The molecule has 0 fully saturated rings. The van der Waals surface area contributed by atoms with Gasteiger partial charge in [0.25, 0.3) is 10.0 Å². The fourth-order valence-corrected chi connectivity index (χ4v) is 7.35. The summed E-state index contributed by atoms with van der Waals surface area (Å²) in [5, 5.41) is 3.15. The van der Waals surface area contributed by atoms with Gasteiger partial charge in [-0.25, -0.2) is 13.2 Å². The smallest absolute Gasteiger partial charge is 0.341 e. The number of thiophene rings is 1. The van der Waals surface area contributed by atoms with Gasteiger partial charge in [-0.3, -0.25) is 9.10 Å². The molecule has 4 aromatic rings. The van der Waals surface area contributed by atoms with Gasteiger partial charge in [0, 0.05) is 18.0 Å². The zero-order chi connectivity index (χ0) is 29.0. The van der Waals surface area contributed by atoms with Gasteiger partial charge in [-0.1, -0.05) is 36.4 Å². The Kier molecular flexibility index (Phi) is 8.39. The number of fused-ring (bicyclic) bond motifs is 1. The Balaban J connectivity index is 1.44. The van der Waals surface area contributed by atoms with E-state index in [1.165, 1.54) is 30.6 Å². The van der Waals surface area contributed by atoms with Crippen LogP contribution in [-0.2, 0) is 32.5 Å². The summed E-state index contributed by atoms with van der Waals surface area (Å²) >= 11 is 1.31. The van der Waals surface area contributed by atoms with E-state index in [2.05, 4.69) is 10.2 Å². The first-order chi connectivity index (χ1) is 19.8. The second-order valence-corrected chi connectivity index (χ2v) is 12.4. The van der Waals surface area contributed by atoms with Crippen molar-refractivity contribution in [3.8, 4) is 11.5 Å². The first kappa shape index (κ1) is 28.3. The van der Waals surface area contributed by atoms with E-state index in [9.17, 15) is 18.0 Å². The molecule has 1 aromatic heterocycles. The van der Waals surface area contributed by atoms with Gasteiger partial charge in [0.2, 0.25) is 5.91 Å². The summed E-state index contributed by atoms with van der Waals surface area (Å²) in [7, 11) is -0.832. The van der Waals surface area contributed by atoms with E-state index in [-0.39, 0.29) is 10.6 Å². The molecular weight excluding hydrogens is 562 g/mol. The lowest BCUT2D eigenvalue weighted by Crippen LogP contribution is -2.38. The van der Waals surface area contributed by atoms with Crippen LogP contribution < -0.4 is 14.4 Å². The Morgan fingerprint density at radius 3 is 2.24 bits per heavy atom. The standard InChI is InChI=1S/C30H29N3O6S2/c1-32-18-17-25-26(19-32)40-29(28(25)30(35)38-2)31-27(34)20-33(41(36,37)24-11-7-4-8-12-24)21-13-15-23(16-14-21)39-22-9-5-3-6-10-22/h3-16H,17-20H2,1-2H3,(H,31,34). The highest BCUT2D eigenvalue weighted by atomic mass is 32.2. The van der Waals surface area contributed by atoms with Crippen molar-refractivity contribution in [2.75, 3.05) is 36.9 Å². The van der Waals surface area contributed by atoms with E-state index in [1.54, 1.807) is 42.5 Å². The first-order valence-electron chi connectivity index (χ1n) is 12.9. The fourth-order valence-electron chi connectivity index (χ4n) is 4.57. The molecule has 0 aliphatic carbocycles. The van der Waals surface area contributed by atoms with Gasteiger partial charge >= 0.3 is 5.97 Å². The molecule has 1 aliphatic heterocycles. The number of hydrogen-bond donors (Lipinski definition) is 1. The molecule has 2 heterocycles. The molecule has 11 heteroatoms. The van der Waals surface area contributed by atoms with Crippen molar-refractivity contribution in [3.05, 3.63) is 101 Å². The number of sulfonamides is 1. The highest BCUT2D eigenvalue weighted by molar-refractivity contribution is 7.92. The molecule has 0 saturated carbocycles. The number of anilines is 2. The van der Waals surface area contributed by atoms with E-state index in [0.29, 0.717) is 35.0 Å². The van der Waals surface area contributed by atoms with Crippen molar-refractivity contribution in [3.63, 3.8) is 0 Å². The van der Waals surface area contributed by atoms with Gasteiger partial charge in [0.1, 0.15) is 23.0 Å². The number of likely N-dealkylation sites (N-methyl/N-ethyl adjacent to an activating group) is 1. The minimum Gasteiger partial charge on any atom is -0.465 e. The zero-order valence-corrected chi connectivity index (χ0v) is 24.2. The SMILES string of the molecule is COC(=O)c1c(NC(=O)CN(c2ccc(Oc3ccccc3)cc2)S(=O)(=O)c2ccccc2)sc2c1CCN(C)C2. The van der Waals surface area contributed by atoms with Gasteiger partial charge < -0.3 is 19.7 Å². The summed E-state index contributed by atoms with van der Waals surface area (Å²) in [6, 6.07) is 23.6. The minimum atomic E-state index is -4.12. The van der Waals surface area contributed by atoms with E-state index < -0.39 is 28.4 Å². The van der Waals surface area contributed by atoms with Gasteiger partial charge in [0.05, 0.1) is 23.3 Å². The summed E-state index contributed by atoms with van der Waals surface area (Å²) < 4.78 is 39.4. The monoisotopic (exact) mass is 591 g/mol. The molecule has 1 N–H and O–H groups in total. The molecule has 0 saturated heterocycles. The number of rotatable bonds is 9. The van der Waals surface area contributed by atoms with Crippen LogP contribution in [0.4, 0.5) is 10.7 Å². The Morgan fingerprint density at radius 1 is 0.951 bits per heavy atom. The van der Waals surface area contributed by atoms with Crippen LogP contribution >= 0.6 is 11.3 Å². The third-order valence-electron chi connectivity index (χ3n) is 6.61. The summed E-state index contributed by atoms with van der Waals surface area (Å²) in [5.41, 5.74) is 1.47. The predicted octanol–water partition coefficient (Wildman–Crippen LogP) is 5.15. The lowest BCUT2D eigenvalue weighted by Gasteiger charge is -2.24. The predicted molar refractivity (Wildman–Crippen MR) is 158 cm³/mol. The zero-order valence-electron chi connectivity index (χ0n) is 22.6. The van der Waals surface area contributed by atoms with Crippen LogP contribution in [0, 0.1) is 0 Å². The van der Waals surface area contributed by atoms with Crippen LogP contribution in [0.2, 0.25) is 0 Å². The topological polar surface area (TPSA) is 105 Å². The summed E-state index contributed by atoms with van der Waals surface area (Å²) in [6.07, 6.45) is 0.647. The molecule has 5 rings (SSSR count). The van der Waals surface area contributed by atoms with E-state index >= 15 is 0 Å². The average molecular weight is 592 g/mol. The molecular formula is C30H29N3O6S2. The van der Waals surface area contributed by atoms with Crippen LogP contribution in [0.1, 0.15) is 20.8 Å². The van der Waals surface area contributed by atoms with Gasteiger partial charge in [-0.2, -0.15) is 0 Å². The lowest BCUT2D eigenvalue weighted by molar-refractivity contribution is -0.114. The fraction of sp³-hybridized carbons (Fsp3) is 0.200. The van der Waals surface area contributed by atoms with Crippen LogP contribution in [0.5, 0.6) is 11.5 Å². The van der Waals surface area contributed by atoms with Gasteiger partial charge in [-0.15, -0.1) is 11.3 Å². The number of para-hydroxylation sites is 1. The Labute approximate surface area is 243 Å². The number of amides is 1. The number of benzene rings is 3. The maximum Gasteiger partial charge on any atom is 0.341 e. The Morgan fingerprint density at radius 2 is 1.59 bits per heavy atom. The molecule has 41 heavy (non-hydrogen) atoms. The second kappa shape index (κ2) is 12.1. The maximum absolute atomic E-state index is 13.8. The quantitative estimate of drug-likeness (QED) is 0.269. The molecule has 0 atom stereocenters. The van der Waals surface area contributed by atoms with Crippen molar-refractivity contribution in [1.82, 2.24) is 4.90 Å². The molecule has 0 unspecified atom stereocenters. The number of methoxy groups -OCH3 is 1. The normalized spacial score (nSPS) is 13.2. The second-order valence-electron chi connectivity index (χ2n) is 9.47. The molecule has 0 radical (unpaired) electrons. The van der Waals surface area contributed by atoms with Crippen molar-refractivity contribution >= 4 is 43.9 Å². The Bertz CT molecular complexity index is 1640. The molecule has 1 aliphatic rings. The Hall–Kier alpha value is -4.19. The number of esters is 1. The molecule has 0 spiro atoms. The number of hydrogen-bond acceptors (Lipinski definition) is 8. The third-order valence-corrected chi connectivity index (χ3v) is 9.53. The van der Waals surface area contributed by atoms with Crippen molar-refractivity contribution < 1.29 is 27.5 Å². The first-order valence-corrected chi connectivity index (χ1v) is 15.1. The van der Waals surface area contributed by atoms with Crippen LogP contribution in [0.3, 0.4) is 0 Å². The molecule has 3 aromatic carbocycles. The lowest BCUT2D eigenvalue weighted by atomic mass is 10.0. The minimum absolute atomic E-state index is 0.0438. The van der Waals surface area contributed by atoms with Gasteiger partial charge in [0.15, 0.2) is 0 Å². The number of ether oxygens (including phenoxy) is 2. The molecule has 1 amide bonds. The van der Waals surface area contributed by atoms with Gasteiger partial charge in [-0.05, 0) is 67.6 Å². The van der Waals surface area contributed by atoms with E-state index in [4.69, 9.17) is 9.47 Å². The third kappa shape index (κ3) is 6.27. The van der Waals surface area contributed by atoms with Crippen molar-refractivity contribution in [2.45, 2.75) is 17.9 Å². The number of carbonyl (C=O) groups excluding carboxylic acids is 2. The highest BCUT2D eigenvalue weighted by Crippen LogP contribution is 2.37. The van der Waals surface area contributed by atoms with Crippen molar-refractivity contribution in [1.29, 1.82) is 0 Å². The van der Waals surface area contributed by atoms with Crippen LogP contribution in [0.25, 0.3) is 0 Å². The number of carbonyl (C=O) groups is 2. The maximum atomic E-state index is 13.8. The van der Waals surface area contributed by atoms with Crippen molar-refractivity contribution in [2.24, 2.45) is 0 Å². The summed E-state index contributed by atoms with van der Waals surface area (Å²) in [4.78, 5) is 29.3. The molecule has 212 valence electrons. The highest BCUT2D eigenvalue weighted by Gasteiger charge is 2.31. The average Bonchev–Trinajstić information content (AvgIpc) is 3.33. The summed E-state index contributed by atoms with van der Waals surface area (Å²) in [6.45, 7) is 0.902. The number of nitrogens with zero attached hydrogens (tertiary/aromatic N) is 2.